The molecule has 3 atom stereocenters. The highest BCUT2D eigenvalue weighted by atomic mass is 16.2. The number of amides is 1. The van der Waals surface area contributed by atoms with Crippen LogP contribution >= 0.6 is 0 Å². The molecule has 0 aromatic carbocycles. The number of hydrogen-bond acceptors (Lipinski definition) is 2. The molecule has 1 amide bonds. The van der Waals surface area contributed by atoms with Crippen LogP contribution in [-0.4, -0.2) is 29.9 Å². The monoisotopic (exact) mass is 226 g/mol. The minimum atomic E-state index is -0.426. The molecular weight excluding hydrogens is 200 g/mol. The molecule has 0 bridgehead atoms. The number of rotatable bonds is 2. The first-order valence-electron chi connectivity index (χ1n) is 6.30. The van der Waals surface area contributed by atoms with Crippen molar-refractivity contribution in [3.63, 3.8) is 0 Å². The predicted octanol–water partition coefficient (Wildman–Crippen LogP) is 1.86. The molecule has 0 radical (unpaired) electrons. The van der Waals surface area contributed by atoms with Crippen LogP contribution in [0.2, 0.25) is 0 Å². The van der Waals surface area contributed by atoms with Crippen LogP contribution in [0.3, 0.4) is 0 Å². The highest BCUT2D eigenvalue weighted by Gasteiger charge is 2.38. The maximum atomic E-state index is 12.4. The molecule has 1 saturated heterocycles. The molecule has 94 valence electrons. The lowest BCUT2D eigenvalue weighted by molar-refractivity contribution is -0.146. The van der Waals surface area contributed by atoms with Gasteiger partial charge in [-0.1, -0.05) is 13.8 Å². The van der Waals surface area contributed by atoms with E-state index in [2.05, 4.69) is 20.8 Å². The summed E-state index contributed by atoms with van der Waals surface area (Å²) < 4.78 is 0. The van der Waals surface area contributed by atoms with Gasteiger partial charge in [0.15, 0.2) is 0 Å². The molecule has 2 N–H and O–H groups in total. The summed E-state index contributed by atoms with van der Waals surface area (Å²) in [4.78, 5) is 14.4. The topological polar surface area (TPSA) is 46.3 Å². The Morgan fingerprint density at radius 2 is 1.94 bits per heavy atom. The summed E-state index contributed by atoms with van der Waals surface area (Å²) in [6.45, 7) is 11.8. The van der Waals surface area contributed by atoms with E-state index in [1.165, 1.54) is 6.42 Å². The second-order valence-corrected chi connectivity index (χ2v) is 6.10. The van der Waals surface area contributed by atoms with Gasteiger partial charge in [-0.2, -0.15) is 0 Å². The maximum Gasteiger partial charge on any atom is 0.229 e. The number of piperidine rings is 1. The van der Waals surface area contributed by atoms with Gasteiger partial charge in [0, 0.05) is 19.1 Å². The smallest absolute Gasteiger partial charge is 0.229 e. The Balaban J connectivity index is 2.82. The zero-order valence-electron chi connectivity index (χ0n) is 11.3. The van der Waals surface area contributed by atoms with Crippen LogP contribution in [0, 0.1) is 17.3 Å². The third-order valence-corrected chi connectivity index (χ3v) is 3.95. The highest BCUT2D eigenvalue weighted by molar-refractivity contribution is 5.82. The van der Waals surface area contributed by atoms with Gasteiger partial charge in [0.25, 0.3) is 0 Å². The Labute approximate surface area is 99.4 Å². The van der Waals surface area contributed by atoms with E-state index in [1.807, 2.05) is 18.7 Å². The van der Waals surface area contributed by atoms with Gasteiger partial charge in [0.1, 0.15) is 0 Å². The Morgan fingerprint density at radius 3 is 2.44 bits per heavy atom. The predicted molar refractivity (Wildman–Crippen MR) is 67.0 cm³/mol. The summed E-state index contributed by atoms with van der Waals surface area (Å²) in [5, 5.41) is 0. The minimum absolute atomic E-state index is 0.209. The molecule has 1 fully saturated rings. The molecule has 0 aliphatic carbocycles. The first-order valence-corrected chi connectivity index (χ1v) is 6.30. The second kappa shape index (κ2) is 4.74. The van der Waals surface area contributed by atoms with E-state index in [4.69, 9.17) is 5.73 Å². The van der Waals surface area contributed by atoms with E-state index in [0.29, 0.717) is 24.4 Å². The molecule has 3 unspecified atom stereocenters. The fraction of sp³-hybridized carbons (Fsp3) is 0.923. The van der Waals surface area contributed by atoms with Gasteiger partial charge in [-0.25, -0.2) is 0 Å². The lowest BCUT2D eigenvalue weighted by Gasteiger charge is -2.44. The minimum Gasteiger partial charge on any atom is -0.339 e. The lowest BCUT2D eigenvalue weighted by Crippen LogP contribution is -2.54. The molecule has 0 aromatic heterocycles. The number of hydrogen-bond donors (Lipinski definition) is 1. The van der Waals surface area contributed by atoms with E-state index < -0.39 is 5.41 Å². The van der Waals surface area contributed by atoms with Crippen molar-refractivity contribution in [1.29, 1.82) is 0 Å². The third-order valence-electron chi connectivity index (χ3n) is 3.95. The first kappa shape index (κ1) is 13.5. The van der Waals surface area contributed by atoms with Crippen molar-refractivity contribution in [1.82, 2.24) is 4.90 Å². The molecule has 1 rings (SSSR count). The summed E-state index contributed by atoms with van der Waals surface area (Å²) in [5.41, 5.74) is 5.26. The van der Waals surface area contributed by atoms with Crippen LogP contribution in [0.4, 0.5) is 0 Å². The number of likely N-dealkylation sites (tertiary alicyclic amines) is 1. The Bertz CT molecular complexity index is 263. The van der Waals surface area contributed by atoms with Crippen molar-refractivity contribution in [3.8, 4) is 0 Å². The molecule has 3 nitrogen and oxygen atoms in total. The van der Waals surface area contributed by atoms with Crippen LogP contribution in [0.1, 0.15) is 41.0 Å². The van der Waals surface area contributed by atoms with Crippen molar-refractivity contribution in [3.05, 3.63) is 0 Å². The van der Waals surface area contributed by atoms with E-state index in [9.17, 15) is 4.79 Å². The van der Waals surface area contributed by atoms with E-state index in [-0.39, 0.29) is 5.91 Å². The van der Waals surface area contributed by atoms with Crippen molar-refractivity contribution in [2.24, 2.45) is 23.0 Å². The van der Waals surface area contributed by atoms with Gasteiger partial charge in [0.05, 0.1) is 5.41 Å². The van der Waals surface area contributed by atoms with E-state index in [1.54, 1.807) is 0 Å². The Hall–Kier alpha value is -0.570. The summed E-state index contributed by atoms with van der Waals surface area (Å²) in [6, 6.07) is 0.342. The largest absolute Gasteiger partial charge is 0.339 e. The SMILES string of the molecule is CC1CC(C)C(C)N(C(=O)C(C)(C)CN)C1. The molecule has 0 spiro atoms. The maximum absolute atomic E-state index is 12.4. The van der Waals surface area contributed by atoms with Gasteiger partial charge in [-0.15, -0.1) is 0 Å². The molecule has 1 aliphatic heterocycles. The lowest BCUT2D eigenvalue weighted by atomic mass is 9.83. The molecule has 16 heavy (non-hydrogen) atoms. The van der Waals surface area contributed by atoms with Crippen molar-refractivity contribution < 1.29 is 4.79 Å². The van der Waals surface area contributed by atoms with Crippen LogP contribution in [0.25, 0.3) is 0 Å². The van der Waals surface area contributed by atoms with Crippen molar-refractivity contribution >= 4 is 5.91 Å². The first-order chi connectivity index (χ1) is 7.29. The molecule has 1 heterocycles. The fourth-order valence-corrected chi connectivity index (χ4v) is 2.46. The Morgan fingerprint density at radius 1 is 1.38 bits per heavy atom. The normalized spacial score (nSPS) is 31.6. The fourth-order valence-electron chi connectivity index (χ4n) is 2.46. The average molecular weight is 226 g/mol. The van der Waals surface area contributed by atoms with Crippen LogP contribution in [0.15, 0.2) is 0 Å². The molecule has 0 aromatic rings. The standard InChI is InChI=1S/C13H26N2O/c1-9-6-10(2)11(3)15(7-9)12(16)13(4,5)8-14/h9-11H,6-8,14H2,1-5H3. The summed E-state index contributed by atoms with van der Waals surface area (Å²) >= 11 is 0. The zero-order chi connectivity index (χ0) is 12.5. The van der Waals surface area contributed by atoms with E-state index in [0.717, 1.165) is 6.54 Å². The van der Waals surface area contributed by atoms with Crippen LogP contribution < -0.4 is 5.73 Å². The number of carbonyl (C=O) groups is 1. The zero-order valence-corrected chi connectivity index (χ0v) is 11.3. The number of nitrogens with zero attached hydrogens (tertiary/aromatic N) is 1. The Kier molecular flexibility index (Phi) is 4.00. The van der Waals surface area contributed by atoms with Crippen molar-refractivity contribution in [2.75, 3.05) is 13.1 Å². The van der Waals surface area contributed by atoms with E-state index >= 15 is 0 Å². The quantitative estimate of drug-likeness (QED) is 0.781. The summed E-state index contributed by atoms with van der Waals surface area (Å²) in [7, 11) is 0. The van der Waals surface area contributed by atoms with Gasteiger partial charge in [0.2, 0.25) is 5.91 Å². The summed E-state index contributed by atoms with van der Waals surface area (Å²) in [5.74, 6) is 1.39. The van der Waals surface area contributed by atoms with Crippen molar-refractivity contribution in [2.45, 2.75) is 47.1 Å². The molecule has 3 heteroatoms. The molecule has 1 aliphatic rings. The molecule has 0 saturated carbocycles. The van der Waals surface area contributed by atoms with Gasteiger partial charge in [-0.3, -0.25) is 4.79 Å². The van der Waals surface area contributed by atoms with Crippen LogP contribution in [0.5, 0.6) is 0 Å². The summed E-state index contributed by atoms with van der Waals surface area (Å²) in [6.07, 6.45) is 1.22. The second-order valence-electron chi connectivity index (χ2n) is 6.10. The average Bonchev–Trinajstić information content (AvgIpc) is 2.22. The molecular formula is C13H26N2O. The third kappa shape index (κ3) is 2.57. The highest BCUT2D eigenvalue weighted by Crippen LogP contribution is 2.30. The number of carbonyl (C=O) groups excluding carboxylic acids is 1. The number of nitrogens with two attached hydrogens (primary N) is 1. The van der Waals surface area contributed by atoms with Gasteiger partial charge >= 0.3 is 0 Å². The van der Waals surface area contributed by atoms with Gasteiger partial charge < -0.3 is 10.6 Å². The van der Waals surface area contributed by atoms with Crippen LogP contribution in [-0.2, 0) is 4.79 Å². The van der Waals surface area contributed by atoms with Gasteiger partial charge in [-0.05, 0) is 39.0 Å².